The summed E-state index contributed by atoms with van der Waals surface area (Å²) >= 11 is 0. The maximum atomic E-state index is 12.3. The van der Waals surface area contributed by atoms with Gasteiger partial charge >= 0.3 is 5.97 Å². The molecule has 0 fully saturated rings. The second kappa shape index (κ2) is 10.8. The maximum Gasteiger partial charge on any atom is 0.337 e. The number of aromatic nitrogens is 4. The van der Waals surface area contributed by atoms with E-state index in [-0.39, 0.29) is 24.6 Å². The van der Waals surface area contributed by atoms with Crippen LogP contribution in [0.1, 0.15) is 38.4 Å². The minimum atomic E-state index is -1.06. The van der Waals surface area contributed by atoms with Gasteiger partial charge in [-0.2, -0.15) is 0 Å². The summed E-state index contributed by atoms with van der Waals surface area (Å²) in [6.07, 6.45) is 5.45. The van der Waals surface area contributed by atoms with Crippen molar-refractivity contribution >= 4 is 11.9 Å². The van der Waals surface area contributed by atoms with Crippen molar-refractivity contribution in [1.29, 1.82) is 0 Å². The summed E-state index contributed by atoms with van der Waals surface area (Å²) in [5.74, 6) is -0.750. The largest absolute Gasteiger partial charge is 0.487 e. The molecule has 0 saturated carbocycles. The minimum Gasteiger partial charge on any atom is -0.487 e. The highest BCUT2D eigenvalue weighted by Gasteiger charge is 2.09. The Kier molecular flexibility index (Phi) is 7.66. The van der Waals surface area contributed by atoms with E-state index in [1.165, 1.54) is 18.5 Å². The van der Waals surface area contributed by atoms with Crippen molar-refractivity contribution in [3.63, 3.8) is 0 Å². The lowest BCUT2D eigenvalue weighted by atomic mass is 10.2. The second-order valence-electron chi connectivity index (χ2n) is 6.70. The Morgan fingerprint density at radius 1 is 1.16 bits per heavy atom. The van der Waals surface area contributed by atoms with Gasteiger partial charge in [-0.15, -0.1) is 5.10 Å². The summed E-state index contributed by atoms with van der Waals surface area (Å²) in [5, 5.41) is 19.8. The predicted octanol–water partition coefficient (Wildman–Crippen LogP) is 1.92. The summed E-state index contributed by atoms with van der Waals surface area (Å²) < 4.78 is 12.5. The van der Waals surface area contributed by atoms with Gasteiger partial charge in [0.2, 0.25) is 0 Å². The Morgan fingerprint density at radius 2 is 1.97 bits per heavy atom. The third kappa shape index (κ3) is 6.61. The van der Waals surface area contributed by atoms with Crippen molar-refractivity contribution in [3.8, 4) is 5.75 Å². The average molecular weight is 425 g/mol. The normalized spacial score (nSPS) is 10.6. The number of carbonyl (C=O) groups excluding carboxylic acids is 1. The van der Waals surface area contributed by atoms with Crippen LogP contribution in [0.5, 0.6) is 5.75 Å². The van der Waals surface area contributed by atoms with Gasteiger partial charge in [-0.1, -0.05) is 5.21 Å². The van der Waals surface area contributed by atoms with Crippen LogP contribution in [0.25, 0.3) is 0 Å². The van der Waals surface area contributed by atoms with Crippen molar-refractivity contribution in [2.24, 2.45) is 0 Å². The summed E-state index contributed by atoms with van der Waals surface area (Å²) in [6, 6.07) is 8.17. The molecule has 0 spiro atoms. The predicted molar refractivity (Wildman–Crippen MR) is 110 cm³/mol. The first-order chi connectivity index (χ1) is 15.0. The molecule has 2 heterocycles. The molecule has 31 heavy (non-hydrogen) atoms. The van der Waals surface area contributed by atoms with E-state index in [2.05, 4.69) is 20.6 Å². The van der Waals surface area contributed by atoms with Gasteiger partial charge < -0.3 is 19.9 Å². The first kappa shape index (κ1) is 21.9. The Morgan fingerprint density at radius 3 is 2.71 bits per heavy atom. The van der Waals surface area contributed by atoms with E-state index in [0.29, 0.717) is 29.2 Å². The van der Waals surface area contributed by atoms with E-state index < -0.39 is 5.97 Å². The summed E-state index contributed by atoms with van der Waals surface area (Å²) in [5.41, 5.74) is 1.84. The average Bonchev–Trinajstić information content (AvgIpc) is 3.24. The van der Waals surface area contributed by atoms with E-state index in [9.17, 15) is 9.59 Å². The number of carbonyl (C=O) groups is 2. The van der Waals surface area contributed by atoms with Crippen molar-refractivity contribution in [2.75, 3.05) is 13.7 Å². The molecule has 10 nitrogen and oxygen atoms in total. The fourth-order valence-corrected chi connectivity index (χ4v) is 2.73. The van der Waals surface area contributed by atoms with Gasteiger partial charge in [0, 0.05) is 44.8 Å². The number of rotatable bonds is 11. The molecule has 0 radical (unpaired) electrons. The van der Waals surface area contributed by atoms with Crippen LogP contribution in [-0.2, 0) is 24.4 Å². The summed E-state index contributed by atoms with van der Waals surface area (Å²) in [7, 11) is 1.66. The monoisotopic (exact) mass is 425 g/mol. The maximum absolute atomic E-state index is 12.3. The van der Waals surface area contributed by atoms with E-state index in [0.717, 1.165) is 13.0 Å². The molecule has 0 aliphatic carbocycles. The highest BCUT2D eigenvalue weighted by molar-refractivity contribution is 5.94. The van der Waals surface area contributed by atoms with Crippen molar-refractivity contribution in [2.45, 2.75) is 26.1 Å². The molecule has 0 aliphatic heterocycles. The molecular weight excluding hydrogens is 402 g/mol. The fourth-order valence-electron chi connectivity index (χ4n) is 2.73. The molecule has 0 atom stereocenters. The van der Waals surface area contributed by atoms with Crippen molar-refractivity contribution < 1.29 is 24.2 Å². The van der Waals surface area contributed by atoms with E-state index in [4.69, 9.17) is 14.6 Å². The van der Waals surface area contributed by atoms with E-state index in [1.54, 1.807) is 36.1 Å². The molecule has 1 aromatic carbocycles. The van der Waals surface area contributed by atoms with Crippen LogP contribution >= 0.6 is 0 Å². The minimum absolute atomic E-state index is 0.0725. The number of carboxylic acid groups (broad SMARTS) is 1. The third-order valence-electron chi connectivity index (χ3n) is 4.32. The number of benzene rings is 1. The number of pyridine rings is 1. The van der Waals surface area contributed by atoms with Crippen LogP contribution in [0.15, 0.2) is 48.9 Å². The first-order valence-electron chi connectivity index (χ1n) is 9.61. The zero-order valence-electron chi connectivity index (χ0n) is 17.0. The number of aryl methyl sites for hydroxylation is 1. The zero-order chi connectivity index (χ0) is 22.1. The molecule has 2 N–H and O–H groups in total. The molecule has 2 aromatic heterocycles. The quantitative estimate of drug-likeness (QED) is 0.446. The summed E-state index contributed by atoms with van der Waals surface area (Å²) in [6.45, 7) is 1.83. The number of carboxylic acids is 1. The Hall–Kier alpha value is -3.79. The molecule has 1 amide bonds. The highest BCUT2D eigenvalue weighted by Crippen LogP contribution is 2.14. The number of hydrogen-bond donors (Lipinski definition) is 2. The van der Waals surface area contributed by atoms with Crippen LogP contribution in [-0.4, -0.2) is 50.7 Å². The number of nitrogens with zero attached hydrogens (tertiary/aromatic N) is 4. The van der Waals surface area contributed by atoms with Crippen LogP contribution in [0.4, 0.5) is 0 Å². The Balaban J connectivity index is 1.47. The number of aromatic carboxylic acids is 1. The molecular formula is C21H23N5O5. The van der Waals surface area contributed by atoms with E-state index >= 15 is 0 Å². The smallest absolute Gasteiger partial charge is 0.337 e. The topological polar surface area (TPSA) is 128 Å². The number of hydrogen-bond acceptors (Lipinski definition) is 7. The van der Waals surface area contributed by atoms with Crippen molar-refractivity contribution in [1.82, 2.24) is 25.3 Å². The molecule has 0 bridgehead atoms. The molecule has 162 valence electrons. The van der Waals surface area contributed by atoms with Crippen LogP contribution in [0.3, 0.4) is 0 Å². The van der Waals surface area contributed by atoms with Crippen molar-refractivity contribution in [3.05, 3.63) is 71.3 Å². The molecule has 10 heteroatoms. The van der Waals surface area contributed by atoms with Gasteiger partial charge in [-0.25, -0.2) is 4.79 Å². The van der Waals surface area contributed by atoms with Gasteiger partial charge in [0.25, 0.3) is 5.91 Å². The lowest BCUT2D eigenvalue weighted by molar-refractivity contribution is 0.0696. The van der Waals surface area contributed by atoms with Gasteiger partial charge in [0.15, 0.2) is 0 Å². The molecule has 3 aromatic rings. The van der Waals surface area contributed by atoms with Crippen LogP contribution in [0, 0.1) is 0 Å². The van der Waals surface area contributed by atoms with E-state index in [1.807, 2.05) is 6.20 Å². The van der Waals surface area contributed by atoms with Gasteiger partial charge in [0.05, 0.1) is 11.8 Å². The van der Waals surface area contributed by atoms with Gasteiger partial charge in [0.1, 0.15) is 18.1 Å². The van der Waals surface area contributed by atoms with Gasteiger partial charge in [-0.05, 0) is 42.3 Å². The number of methoxy groups -OCH3 is 1. The lowest BCUT2D eigenvalue weighted by Gasteiger charge is -2.07. The third-order valence-corrected chi connectivity index (χ3v) is 4.32. The highest BCUT2D eigenvalue weighted by atomic mass is 16.5. The lowest BCUT2D eigenvalue weighted by Crippen LogP contribution is -2.23. The zero-order valence-corrected chi connectivity index (χ0v) is 17.0. The Labute approximate surface area is 178 Å². The number of amides is 1. The fraction of sp³-hybridized carbons (Fsp3) is 0.286. The molecule has 0 aliphatic rings. The van der Waals surface area contributed by atoms with Gasteiger partial charge in [-0.3, -0.25) is 14.5 Å². The van der Waals surface area contributed by atoms with Crippen LogP contribution in [0.2, 0.25) is 0 Å². The Bertz CT molecular complexity index is 1020. The standard InChI is InChI=1S/C21H23N5O5/c1-30-8-2-7-26-13-18(24-25-26)14-31-19-5-3-16(4-6-19)20(27)23-11-15-9-17(21(28)29)12-22-10-15/h3-6,9-10,12-13H,2,7-8,11,14H2,1H3,(H,23,27)(H,28,29). The molecule has 3 rings (SSSR count). The number of ether oxygens (including phenoxy) is 2. The molecule has 0 unspecified atom stereocenters. The summed E-state index contributed by atoms with van der Waals surface area (Å²) in [4.78, 5) is 27.2. The second-order valence-corrected chi connectivity index (χ2v) is 6.70. The first-order valence-corrected chi connectivity index (χ1v) is 9.61. The van der Waals surface area contributed by atoms with Crippen LogP contribution < -0.4 is 10.1 Å². The SMILES string of the molecule is COCCCn1cc(COc2ccc(C(=O)NCc3cncc(C(=O)O)c3)cc2)nn1. The molecule has 0 saturated heterocycles. The number of nitrogens with one attached hydrogen (secondary N) is 1.